The summed E-state index contributed by atoms with van der Waals surface area (Å²) < 4.78 is 5.52. The number of hydrogen-bond donors (Lipinski definition) is 2. The fourth-order valence-electron chi connectivity index (χ4n) is 3.35. The van der Waals surface area contributed by atoms with Gasteiger partial charge >= 0.3 is 11.8 Å². The Bertz CT molecular complexity index is 899. The first-order valence-electron chi connectivity index (χ1n) is 10.2. The summed E-state index contributed by atoms with van der Waals surface area (Å²) >= 11 is 1.56. The maximum Gasteiger partial charge on any atom is 0.313 e. The minimum Gasteiger partial charge on any atom is -0.484 e. The van der Waals surface area contributed by atoms with Crippen molar-refractivity contribution in [3.8, 4) is 5.75 Å². The van der Waals surface area contributed by atoms with Crippen molar-refractivity contribution in [2.75, 3.05) is 37.8 Å². The van der Waals surface area contributed by atoms with Crippen LogP contribution < -0.4 is 15.4 Å². The van der Waals surface area contributed by atoms with Gasteiger partial charge in [-0.15, -0.1) is 11.8 Å². The number of rotatable bonds is 7. The molecule has 2 aromatic rings. The first-order valence-corrected chi connectivity index (χ1v) is 11.5. The predicted octanol–water partition coefficient (Wildman–Crippen LogP) is 2.78. The molecule has 1 saturated heterocycles. The Balaban J connectivity index is 1.36. The molecular formula is C23H27N3O4S. The molecule has 1 aliphatic heterocycles. The molecule has 3 rings (SSSR count). The van der Waals surface area contributed by atoms with Crippen molar-refractivity contribution in [3.63, 3.8) is 0 Å². The minimum absolute atomic E-state index is 0.0172. The van der Waals surface area contributed by atoms with E-state index in [-0.39, 0.29) is 18.4 Å². The lowest BCUT2D eigenvalue weighted by molar-refractivity contribution is -0.136. The molecule has 0 saturated carbocycles. The number of amides is 3. The van der Waals surface area contributed by atoms with Crippen LogP contribution in [-0.2, 0) is 14.4 Å². The van der Waals surface area contributed by atoms with E-state index in [1.807, 2.05) is 54.8 Å². The van der Waals surface area contributed by atoms with Crippen LogP contribution in [0.2, 0.25) is 0 Å². The highest BCUT2D eigenvalue weighted by Gasteiger charge is 2.24. The van der Waals surface area contributed by atoms with E-state index < -0.39 is 11.8 Å². The second-order valence-corrected chi connectivity index (χ2v) is 8.20. The molecule has 164 valence electrons. The maximum atomic E-state index is 12.3. The zero-order chi connectivity index (χ0) is 22.1. The van der Waals surface area contributed by atoms with Crippen molar-refractivity contribution in [1.29, 1.82) is 0 Å². The Kier molecular flexibility index (Phi) is 8.35. The van der Waals surface area contributed by atoms with Gasteiger partial charge in [0.1, 0.15) is 5.75 Å². The maximum absolute atomic E-state index is 12.3. The van der Waals surface area contributed by atoms with Crippen molar-refractivity contribution in [2.24, 2.45) is 5.92 Å². The van der Waals surface area contributed by atoms with Crippen molar-refractivity contribution < 1.29 is 19.1 Å². The number of likely N-dealkylation sites (tertiary alicyclic amines) is 1. The van der Waals surface area contributed by atoms with Gasteiger partial charge in [0.25, 0.3) is 5.91 Å². The van der Waals surface area contributed by atoms with E-state index in [0.29, 0.717) is 31.1 Å². The van der Waals surface area contributed by atoms with Crippen LogP contribution >= 0.6 is 11.8 Å². The molecule has 0 atom stereocenters. The highest BCUT2D eigenvalue weighted by atomic mass is 32.2. The van der Waals surface area contributed by atoms with Crippen molar-refractivity contribution in [1.82, 2.24) is 10.2 Å². The molecule has 2 aromatic carbocycles. The lowest BCUT2D eigenvalue weighted by Crippen LogP contribution is -2.44. The van der Waals surface area contributed by atoms with Gasteiger partial charge in [0.2, 0.25) is 0 Å². The molecule has 1 aliphatic rings. The number of para-hydroxylation sites is 1. The summed E-state index contributed by atoms with van der Waals surface area (Å²) in [5.74, 6) is -0.464. The van der Waals surface area contributed by atoms with Crippen molar-refractivity contribution in [2.45, 2.75) is 17.7 Å². The van der Waals surface area contributed by atoms with Crippen molar-refractivity contribution >= 4 is 35.2 Å². The van der Waals surface area contributed by atoms with E-state index >= 15 is 0 Å². The molecule has 8 heteroatoms. The number of carbonyl (C=O) groups excluding carboxylic acids is 3. The topological polar surface area (TPSA) is 87.7 Å². The third kappa shape index (κ3) is 7.03. The summed E-state index contributed by atoms with van der Waals surface area (Å²) in [6, 6.07) is 16.6. The quantitative estimate of drug-likeness (QED) is 0.510. The average molecular weight is 442 g/mol. The number of thioether (sulfide) groups is 1. The van der Waals surface area contributed by atoms with Gasteiger partial charge in [-0.1, -0.05) is 24.3 Å². The second-order valence-electron chi connectivity index (χ2n) is 7.32. The normalized spacial score (nSPS) is 14.0. The number of carbonyl (C=O) groups is 3. The molecule has 31 heavy (non-hydrogen) atoms. The van der Waals surface area contributed by atoms with Crippen LogP contribution in [-0.4, -0.2) is 55.1 Å². The molecule has 0 spiro atoms. The SMILES string of the molecule is CSc1cccc(NC(=O)C(=O)NCC2CCN(C(=O)COc3ccccc3)CC2)c1. The Morgan fingerprint density at radius 3 is 2.48 bits per heavy atom. The third-order valence-corrected chi connectivity index (χ3v) is 5.88. The number of benzene rings is 2. The summed E-state index contributed by atoms with van der Waals surface area (Å²) in [5, 5.41) is 5.33. The van der Waals surface area contributed by atoms with Crippen LogP contribution in [0.5, 0.6) is 5.75 Å². The van der Waals surface area contributed by atoms with Gasteiger partial charge in [-0.2, -0.15) is 0 Å². The van der Waals surface area contributed by atoms with Gasteiger partial charge in [0.15, 0.2) is 6.61 Å². The van der Waals surface area contributed by atoms with E-state index in [2.05, 4.69) is 10.6 Å². The molecule has 2 N–H and O–H groups in total. The average Bonchev–Trinajstić information content (AvgIpc) is 2.82. The number of hydrogen-bond acceptors (Lipinski definition) is 5. The van der Waals surface area contributed by atoms with Crippen LogP contribution in [0.1, 0.15) is 12.8 Å². The first kappa shape index (κ1) is 22.7. The minimum atomic E-state index is -0.677. The Morgan fingerprint density at radius 2 is 1.77 bits per heavy atom. The molecule has 1 heterocycles. The van der Waals surface area contributed by atoms with Crippen LogP contribution in [0.3, 0.4) is 0 Å². The van der Waals surface area contributed by atoms with Gasteiger partial charge in [-0.3, -0.25) is 14.4 Å². The van der Waals surface area contributed by atoms with E-state index in [0.717, 1.165) is 17.7 Å². The van der Waals surface area contributed by atoms with E-state index in [4.69, 9.17) is 4.74 Å². The zero-order valence-electron chi connectivity index (χ0n) is 17.5. The van der Waals surface area contributed by atoms with Gasteiger partial charge in [-0.05, 0) is 55.3 Å². The molecule has 3 amide bonds. The van der Waals surface area contributed by atoms with E-state index in [9.17, 15) is 14.4 Å². The predicted molar refractivity (Wildman–Crippen MR) is 121 cm³/mol. The zero-order valence-corrected chi connectivity index (χ0v) is 18.3. The number of anilines is 1. The lowest BCUT2D eigenvalue weighted by Gasteiger charge is -2.32. The molecule has 0 bridgehead atoms. The summed E-state index contributed by atoms with van der Waals surface area (Å²) in [4.78, 5) is 39.4. The van der Waals surface area contributed by atoms with E-state index in [1.54, 1.807) is 22.7 Å². The molecule has 1 fully saturated rings. The standard InChI is InChI=1S/C23H27N3O4S/c1-31-20-9-5-6-18(14-20)25-23(29)22(28)24-15-17-10-12-26(13-11-17)21(27)16-30-19-7-3-2-4-8-19/h2-9,14,17H,10-13,15-16H2,1H3,(H,24,28)(H,25,29). The van der Waals surface area contributed by atoms with Gasteiger partial charge in [0, 0.05) is 30.2 Å². The highest BCUT2D eigenvalue weighted by molar-refractivity contribution is 7.98. The number of nitrogens with one attached hydrogen (secondary N) is 2. The van der Waals surface area contributed by atoms with Crippen molar-refractivity contribution in [3.05, 3.63) is 54.6 Å². The Hall–Kier alpha value is -3.00. The Morgan fingerprint density at radius 1 is 1.03 bits per heavy atom. The van der Waals surface area contributed by atoms with Gasteiger partial charge in [-0.25, -0.2) is 0 Å². The van der Waals surface area contributed by atoms with E-state index in [1.165, 1.54) is 0 Å². The fraction of sp³-hybridized carbons (Fsp3) is 0.348. The molecule has 0 aliphatic carbocycles. The molecular weight excluding hydrogens is 414 g/mol. The summed E-state index contributed by atoms with van der Waals surface area (Å²) in [7, 11) is 0. The summed E-state index contributed by atoms with van der Waals surface area (Å²) in [6.07, 6.45) is 3.49. The first-order chi connectivity index (χ1) is 15.0. The van der Waals surface area contributed by atoms with Gasteiger partial charge < -0.3 is 20.3 Å². The molecule has 0 aromatic heterocycles. The summed E-state index contributed by atoms with van der Waals surface area (Å²) in [6.45, 7) is 1.67. The molecule has 0 unspecified atom stereocenters. The van der Waals surface area contributed by atoms with Crippen LogP contribution in [0.4, 0.5) is 5.69 Å². The Labute approximate surface area is 186 Å². The fourth-order valence-corrected chi connectivity index (χ4v) is 3.81. The largest absolute Gasteiger partial charge is 0.484 e. The highest BCUT2D eigenvalue weighted by Crippen LogP contribution is 2.19. The van der Waals surface area contributed by atoms with Crippen LogP contribution in [0.25, 0.3) is 0 Å². The monoisotopic (exact) mass is 441 g/mol. The lowest BCUT2D eigenvalue weighted by atomic mass is 9.96. The molecule has 7 nitrogen and oxygen atoms in total. The smallest absolute Gasteiger partial charge is 0.313 e. The number of ether oxygens (including phenoxy) is 1. The third-order valence-electron chi connectivity index (χ3n) is 5.16. The van der Waals surface area contributed by atoms with Gasteiger partial charge in [0.05, 0.1) is 0 Å². The van der Waals surface area contributed by atoms with Crippen LogP contribution in [0, 0.1) is 5.92 Å². The summed E-state index contributed by atoms with van der Waals surface area (Å²) in [5.41, 5.74) is 0.594. The number of piperidine rings is 1. The second kappa shape index (κ2) is 11.4. The van der Waals surface area contributed by atoms with Crippen LogP contribution in [0.15, 0.2) is 59.5 Å². The number of nitrogens with zero attached hydrogens (tertiary/aromatic N) is 1. The molecule has 0 radical (unpaired) electrons.